The maximum atomic E-state index is 13.9. The van der Waals surface area contributed by atoms with Gasteiger partial charge in [0.05, 0.1) is 13.0 Å². The molecular formula is C25H30FN3O2. The smallest absolute Gasteiger partial charge is 0.224 e. The number of likely N-dealkylation sites (tertiary alicyclic amines) is 1. The van der Waals surface area contributed by atoms with Gasteiger partial charge in [0.15, 0.2) is 0 Å². The van der Waals surface area contributed by atoms with Crippen LogP contribution in [0.5, 0.6) is 0 Å². The fourth-order valence-electron chi connectivity index (χ4n) is 4.47. The van der Waals surface area contributed by atoms with Gasteiger partial charge in [0.1, 0.15) is 5.82 Å². The SMILES string of the molecule is O=C(Cc1ccc2ccn(C3CCN(CCc4ccccc4F)CC3)c2c1)NCCO. The standard InChI is InChI=1S/C25H30FN3O2/c26-23-4-2-1-3-20(23)7-12-28-13-9-22(10-14-28)29-15-8-21-6-5-19(17-24(21)29)18-25(31)27-11-16-30/h1-6,8,15,17,22,30H,7,9-14,16,18H2,(H,27,31). The van der Waals surface area contributed by atoms with E-state index in [1.807, 2.05) is 18.2 Å². The lowest BCUT2D eigenvalue weighted by atomic mass is 10.0. The Morgan fingerprint density at radius 3 is 2.71 bits per heavy atom. The zero-order chi connectivity index (χ0) is 21.6. The number of aromatic nitrogens is 1. The Morgan fingerprint density at radius 1 is 1.13 bits per heavy atom. The number of rotatable bonds is 8. The number of carbonyl (C=O) groups excluding carboxylic acids is 1. The molecule has 1 aliphatic rings. The van der Waals surface area contributed by atoms with Gasteiger partial charge >= 0.3 is 0 Å². The maximum absolute atomic E-state index is 13.9. The summed E-state index contributed by atoms with van der Waals surface area (Å²) in [5.74, 6) is -0.188. The third-order valence-electron chi connectivity index (χ3n) is 6.19. The molecule has 0 aliphatic carbocycles. The van der Waals surface area contributed by atoms with Crippen LogP contribution in [0.4, 0.5) is 4.39 Å². The van der Waals surface area contributed by atoms with Crippen molar-refractivity contribution in [3.8, 4) is 0 Å². The van der Waals surface area contributed by atoms with E-state index in [9.17, 15) is 9.18 Å². The summed E-state index contributed by atoms with van der Waals surface area (Å²) in [5, 5.41) is 12.7. The van der Waals surface area contributed by atoms with Crippen LogP contribution in [0, 0.1) is 5.82 Å². The Kier molecular flexibility index (Phi) is 6.99. The molecule has 6 heteroatoms. The van der Waals surface area contributed by atoms with Crippen molar-refractivity contribution in [3.05, 3.63) is 71.7 Å². The zero-order valence-electron chi connectivity index (χ0n) is 17.8. The Morgan fingerprint density at radius 2 is 1.94 bits per heavy atom. The third-order valence-corrected chi connectivity index (χ3v) is 6.19. The van der Waals surface area contributed by atoms with Gasteiger partial charge in [-0.05, 0) is 54.0 Å². The number of nitrogens with zero attached hydrogens (tertiary/aromatic N) is 2. The van der Waals surface area contributed by atoms with Crippen molar-refractivity contribution in [2.24, 2.45) is 0 Å². The topological polar surface area (TPSA) is 57.5 Å². The normalized spacial score (nSPS) is 15.4. The number of benzene rings is 2. The minimum Gasteiger partial charge on any atom is -0.395 e. The number of aliphatic hydroxyl groups is 1. The van der Waals surface area contributed by atoms with Crippen LogP contribution in [0.2, 0.25) is 0 Å². The highest BCUT2D eigenvalue weighted by atomic mass is 19.1. The highest BCUT2D eigenvalue weighted by Crippen LogP contribution is 2.28. The molecule has 0 radical (unpaired) electrons. The molecule has 0 bridgehead atoms. The summed E-state index contributed by atoms with van der Waals surface area (Å²) in [4.78, 5) is 14.4. The van der Waals surface area contributed by atoms with E-state index in [0.29, 0.717) is 12.5 Å². The van der Waals surface area contributed by atoms with Crippen LogP contribution in [-0.2, 0) is 17.6 Å². The minimum atomic E-state index is -0.114. The molecule has 2 N–H and O–H groups in total. The highest BCUT2D eigenvalue weighted by molar-refractivity contribution is 5.84. The van der Waals surface area contributed by atoms with Crippen LogP contribution < -0.4 is 5.32 Å². The number of carbonyl (C=O) groups is 1. The van der Waals surface area contributed by atoms with Gasteiger partial charge in [-0.1, -0.05) is 30.3 Å². The summed E-state index contributed by atoms with van der Waals surface area (Å²) in [7, 11) is 0. The predicted molar refractivity (Wildman–Crippen MR) is 121 cm³/mol. The molecule has 3 aromatic rings. The van der Waals surface area contributed by atoms with E-state index in [4.69, 9.17) is 5.11 Å². The van der Waals surface area contributed by atoms with E-state index in [-0.39, 0.29) is 24.9 Å². The molecule has 0 saturated carbocycles. The first-order chi connectivity index (χ1) is 15.1. The molecule has 2 heterocycles. The number of hydrogen-bond acceptors (Lipinski definition) is 3. The van der Waals surface area contributed by atoms with Gasteiger partial charge in [-0.15, -0.1) is 0 Å². The molecule has 0 unspecified atom stereocenters. The number of amides is 1. The van der Waals surface area contributed by atoms with Gasteiger partial charge in [-0.3, -0.25) is 4.79 Å². The highest BCUT2D eigenvalue weighted by Gasteiger charge is 2.21. The summed E-state index contributed by atoms with van der Waals surface area (Å²) in [6.45, 7) is 3.12. The number of halogens is 1. The maximum Gasteiger partial charge on any atom is 0.224 e. The van der Waals surface area contributed by atoms with Crippen molar-refractivity contribution in [2.45, 2.75) is 31.7 Å². The largest absolute Gasteiger partial charge is 0.395 e. The average molecular weight is 424 g/mol. The van der Waals surface area contributed by atoms with E-state index in [1.165, 1.54) is 11.5 Å². The second kappa shape index (κ2) is 10.1. The molecule has 31 heavy (non-hydrogen) atoms. The molecule has 0 spiro atoms. The Hall–Kier alpha value is -2.70. The van der Waals surface area contributed by atoms with Crippen molar-refractivity contribution in [3.63, 3.8) is 0 Å². The Balaban J connectivity index is 1.36. The lowest BCUT2D eigenvalue weighted by Crippen LogP contribution is -2.35. The fourth-order valence-corrected chi connectivity index (χ4v) is 4.47. The molecule has 1 amide bonds. The van der Waals surface area contributed by atoms with Crippen LogP contribution in [0.25, 0.3) is 10.9 Å². The van der Waals surface area contributed by atoms with Crippen LogP contribution in [0.15, 0.2) is 54.7 Å². The molecular weight excluding hydrogens is 393 g/mol. The van der Waals surface area contributed by atoms with Gasteiger partial charge in [-0.25, -0.2) is 4.39 Å². The lowest BCUT2D eigenvalue weighted by molar-refractivity contribution is -0.120. The van der Waals surface area contributed by atoms with Crippen molar-refractivity contribution >= 4 is 16.8 Å². The van der Waals surface area contributed by atoms with Crippen molar-refractivity contribution in [1.82, 2.24) is 14.8 Å². The Bertz CT molecular complexity index is 1020. The minimum absolute atomic E-state index is 0.0490. The molecule has 1 aliphatic heterocycles. The van der Waals surface area contributed by atoms with E-state index in [2.05, 4.69) is 39.2 Å². The molecule has 1 saturated heterocycles. The number of piperidine rings is 1. The van der Waals surface area contributed by atoms with Crippen LogP contribution in [-0.4, -0.2) is 53.3 Å². The van der Waals surface area contributed by atoms with Gasteiger partial charge < -0.3 is 19.9 Å². The second-order valence-electron chi connectivity index (χ2n) is 8.28. The second-order valence-corrected chi connectivity index (χ2v) is 8.28. The Labute approximate surface area is 182 Å². The van der Waals surface area contributed by atoms with Crippen molar-refractivity contribution < 1.29 is 14.3 Å². The summed E-state index contributed by atoms with van der Waals surface area (Å²) < 4.78 is 16.2. The monoisotopic (exact) mass is 423 g/mol. The van der Waals surface area contributed by atoms with Crippen LogP contribution >= 0.6 is 0 Å². The molecule has 5 nitrogen and oxygen atoms in total. The molecule has 2 aromatic carbocycles. The zero-order valence-corrected chi connectivity index (χ0v) is 17.8. The van der Waals surface area contributed by atoms with Crippen molar-refractivity contribution in [2.75, 3.05) is 32.8 Å². The number of nitrogens with one attached hydrogen (secondary N) is 1. The number of fused-ring (bicyclic) bond motifs is 1. The molecule has 1 fully saturated rings. The van der Waals surface area contributed by atoms with Crippen LogP contribution in [0.3, 0.4) is 0 Å². The lowest BCUT2D eigenvalue weighted by Gasteiger charge is -2.33. The third kappa shape index (κ3) is 5.32. The van der Waals surface area contributed by atoms with E-state index in [1.54, 1.807) is 6.07 Å². The van der Waals surface area contributed by atoms with E-state index in [0.717, 1.165) is 55.5 Å². The molecule has 0 atom stereocenters. The first kappa shape index (κ1) is 21.5. The average Bonchev–Trinajstić information content (AvgIpc) is 3.21. The predicted octanol–water partition coefficient (Wildman–Crippen LogP) is 3.31. The number of hydrogen-bond donors (Lipinski definition) is 2. The summed E-state index contributed by atoms with van der Waals surface area (Å²) in [6, 6.07) is 15.8. The van der Waals surface area contributed by atoms with Gasteiger partial charge in [0, 0.05) is 43.9 Å². The summed E-state index contributed by atoms with van der Waals surface area (Å²) in [6.07, 6.45) is 5.32. The first-order valence-corrected chi connectivity index (χ1v) is 11.1. The number of aliphatic hydroxyl groups excluding tert-OH is 1. The van der Waals surface area contributed by atoms with Gasteiger partial charge in [-0.2, -0.15) is 0 Å². The first-order valence-electron chi connectivity index (χ1n) is 11.1. The fraction of sp³-hybridized carbons (Fsp3) is 0.400. The quantitative estimate of drug-likeness (QED) is 0.585. The van der Waals surface area contributed by atoms with Crippen molar-refractivity contribution in [1.29, 1.82) is 0 Å². The van der Waals surface area contributed by atoms with E-state index < -0.39 is 0 Å². The van der Waals surface area contributed by atoms with E-state index >= 15 is 0 Å². The molecule has 164 valence electrons. The van der Waals surface area contributed by atoms with Crippen LogP contribution in [0.1, 0.15) is 30.0 Å². The summed E-state index contributed by atoms with van der Waals surface area (Å²) >= 11 is 0. The molecule has 1 aromatic heterocycles. The molecule has 4 rings (SSSR count). The van der Waals surface area contributed by atoms with Gasteiger partial charge in [0.25, 0.3) is 0 Å². The summed E-state index contributed by atoms with van der Waals surface area (Å²) in [5.41, 5.74) is 2.93. The van der Waals surface area contributed by atoms with Gasteiger partial charge in [0.2, 0.25) is 5.91 Å².